The molecule has 2 N–H and O–H groups in total. The zero-order valence-electron chi connectivity index (χ0n) is 25.9. The topological polar surface area (TPSA) is 105 Å². The number of aromatic carboxylic acids is 1. The number of aliphatic hydroxyl groups is 1. The van der Waals surface area contributed by atoms with Gasteiger partial charge < -0.3 is 24.4 Å². The number of halogens is 1. The van der Waals surface area contributed by atoms with Crippen molar-refractivity contribution in [2.75, 3.05) is 13.1 Å². The Morgan fingerprint density at radius 1 is 0.830 bits per heavy atom. The molecule has 9 heteroatoms. The second-order valence-corrected chi connectivity index (χ2v) is 12.9. The van der Waals surface area contributed by atoms with Gasteiger partial charge in [0, 0.05) is 35.3 Å². The highest BCUT2D eigenvalue weighted by molar-refractivity contribution is 6.30. The van der Waals surface area contributed by atoms with Crippen molar-refractivity contribution in [3.05, 3.63) is 107 Å². The van der Waals surface area contributed by atoms with Crippen molar-refractivity contribution in [3.8, 4) is 28.3 Å². The van der Waals surface area contributed by atoms with Crippen LogP contribution in [0.15, 0.2) is 84.9 Å². The Hall–Kier alpha value is -4.66. The number of carbonyl (C=O) groups excluding carboxylic acids is 1. The Balaban J connectivity index is 1.16. The summed E-state index contributed by atoms with van der Waals surface area (Å²) >= 11 is 6.17. The van der Waals surface area contributed by atoms with Gasteiger partial charge in [-0.1, -0.05) is 42.6 Å². The molecule has 2 heterocycles. The van der Waals surface area contributed by atoms with Crippen LogP contribution in [-0.4, -0.2) is 55.7 Å². The van der Waals surface area contributed by atoms with Crippen molar-refractivity contribution in [1.82, 2.24) is 14.5 Å². The molecule has 7 rings (SSSR count). The third kappa shape index (κ3) is 6.48. The number of carboxylic acids is 1. The SMILES string of the molecule is O=C(O)c1ccc2c(c1)nc(-c1ccc(OCc3cc(C(=O)N4CCC(O)CC4)ccc3-c3ccc(Cl)cc3)cc1)n2C1CCCC1. The summed E-state index contributed by atoms with van der Waals surface area (Å²) in [7, 11) is 0. The summed E-state index contributed by atoms with van der Waals surface area (Å²) in [6.45, 7) is 1.31. The molecular formula is C38H36ClN3O5. The third-order valence-electron chi connectivity index (χ3n) is 9.39. The van der Waals surface area contributed by atoms with Crippen LogP contribution in [0.1, 0.15) is 70.8 Å². The van der Waals surface area contributed by atoms with Gasteiger partial charge in [-0.15, -0.1) is 0 Å². The quantitative estimate of drug-likeness (QED) is 0.176. The molecule has 2 aliphatic rings. The molecule has 1 aliphatic carbocycles. The minimum Gasteiger partial charge on any atom is -0.489 e. The summed E-state index contributed by atoms with van der Waals surface area (Å²) in [4.78, 5) is 31.7. The Bertz CT molecular complexity index is 1920. The number of imidazole rings is 1. The lowest BCUT2D eigenvalue weighted by Crippen LogP contribution is -2.40. The van der Waals surface area contributed by atoms with Crippen LogP contribution in [0.3, 0.4) is 0 Å². The number of benzene rings is 4. The number of amides is 1. The molecule has 0 bridgehead atoms. The number of hydrogen-bond donors (Lipinski definition) is 2. The van der Waals surface area contributed by atoms with E-state index in [0.29, 0.717) is 53.8 Å². The molecule has 1 saturated carbocycles. The molecule has 1 aliphatic heterocycles. The van der Waals surface area contributed by atoms with E-state index in [1.54, 1.807) is 17.0 Å². The predicted molar refractivity (Wildman–Crippen MR) is 182 cm³/mol. The maximum absolute atomic E-state index is 13.4. The fraction of sp³-hybridized carbons (Fsp3) is 0.289. The highest BCUT2D eigenvalue weighted by atomic mass is 35.5. The van der Waals surface area contributed by atoms with Gasteiger partial charge in [-0.05, 0) is 109 Å². The fourth-order valence-electron chi connectivity index (χ4n) is 6.84. The van der Waals surface area contributed by atoms with Gasteiger partial charge in [0.2, 0.25) is 0 Å². The second kappa shape index (κ2) is 13.2. The summed E-state index contributed by atoms with van der Waals surface area (Å²) in [6, 6.07) is 26.6. The number of aromatic nitrogens is 2. The van der Waals surface area contributed by atoms with Gasteiger partial charge >= 0.3 is 5.97 Å². The van der Waals surface area contributed by atoms with E-state index < -0.39 is 5.97 Å². The molecule has 47 heavy (non-hydrogen) atoms. The van der Waals surface area contributed by atoms with Gasteiger partial charge in [-0.2, -0.15) is 0 Å². The number of carbonyl (C=O) groups is 2. The number of carboxylic acid groups (broad SMARTS) is 1. The van der Waals surface area contributed by atoms with Crippen molar-refractivity contribution >= 4 is 34.5 Å². The highest BCUT2D eigenvalue weighted by Gasteiger charge is 2.25. The number of likely N-dealkylation sites (tertiary alicyclic amines) is 1. The smallest absolute Gasteiger partial charge is 0.335 e. The summed E-state index contributed by atoms with van der Waals surface area (Å²) in [5.41, 5.74) is 6.16. The van der Waals surface area contributed by atoms with E-state index in [2.05, 4.69) is 4.57 Å². The van der Waals surface area contributed by atoms with Crippen LogP contribution < -0.4 is 4.74 Å². The third-order valence-corrected chi connectivity index (χ3v) is 9.64. The van der Waals surface area contributed by atoms with Gasteiger partial charge in [-0.25, -0.2) is 9.78 Å². The number of ether oxygens (including phenoxy) is 1. The van der Waals surface area contributed by atoms with Crippen LogP contribution in [0.2, 0.25) is 5.02 Å². The predicted octanol–water partition coefficient (Wildman–Crippen LogP) is 8.01. The van der Waals surface area contributed by atoms with Crippen molar-refractivity contribution in [2.45, 2.75) is 57.3 Å². The summed E-state index contributed by atoms with van der Waals surface area (Å²) in [5.74, 6) is 0.480. The van der Waals surface area contributed by atoms with E-state index in [0.717, 1.165) is 59.3 Å². The van der Waals surface area contributed by atoms with Crippen LogP contribution in [0.4, 0.5) is 0 Å². The number of rotatable bonds is 8. The Morgan fingerprint density at radius 3 is 2.21 bits per heavy atom. The van der Waals surface area contributed by atoms with E-state index in [1.807, 2.05) is 72.8 Å². The maximum atomic E-state index is 13.4. The number of piperidine rings is 1. The molecule has 8 nitrogen and oxygen atoms in total. The lowest BCUT2D eigenvalue weighted by atomic mass is 9.97. The molecular weight excluding hydrogens is 614 g/mol. The largest absolute Gasteiger partial charge is 0.489 e. The molecule has 1 saturated heterocycles. The Kier molecular flexibility index (Phi) is 8.71. The molecule has 2 fully saturated rings. The summed E-state index contributed by atoms with van der Waals surface area (Å²) in [6.07, 6.45) is 5.27. The van der Waals surface area contributed by atoms with E-state index in [1.165, 1.54) is 0 Å². The van der Waals surface area contributed by atoms with Gasteiger partial charge in [0.15, 0.2) is 0 Å². The first-order valence-corrected chi connectivity index (χ1v) is 16.6. The second-order valence-electron chi connectivity index (χ2n) is 12.5. The highest BCUT2D eigenvalue weighted by Crippen LogP contribution is 2.38. The van der Waals surface area contributed by atoms with Gasteiger partial charge in [0.05, 0.1) is 22.7 Å². The van der Waals surface area contributed by atoms with E-state index >= 15 is 0 Å². The average molecular weight is 650 g/mol. The van der Waals surface area contributed by atoms with Crippen molar-refractivity contribution in [3.63, 3.8) is 0 Å². The van der Waals surface area contributed by atoms with Gasteiger partial charge in [-0.3, -0.25) is 4.79 Å². The maximum Gasteiger partial charge on any atom is 0.335 e. The van der Waals surface area contributed by atoms with E-state index in [-0.39, 0.29) is 24.2 Å². The lowest BCUT2D eigenvalue weighted by molar-refractivity contribution is 0.0545. The molecule has 5 aromatic rings. The van der Waals surface area contributed by atoms with E-state index in [9.17, 15) is 19.8 Å². The van der Waals surface area contributed by atoms with Crippen molar-refractivity contribution in [2.24, 2.45) is 0 Å². The zero-order valence-corrected chi connectivity index (χ0v) is 26.7. The minimum absolute atomic E-state index is 0.0502. The molecule has 240 valence electrons. The number of fused-ring (bicyclic) bond motifs is 1. The van der Waals surface area contributed by atoms with Gasteiger partial charge in [0.25, 0.3) is 5.91 Å². The number of nitrogens with zero attached hydrogens (tertiary/aromatic N) is 3. The van der Waals surface area contributed by atoms with Crippen LogP contribution in [0.5, 0.6) is 5.75 Å². The molecule has 1 aromatic heterocycles. The first-order chi connectivity index (χ1) is 22.8. The van der Waals surface area contributed by atoms with Crippen LogP contribution in [0, 0.1) is 0 Å². The van der Waals surface area contributed by atoms with Crippen LogP contribution in [0.25, 0.3) is 33.5 Å². The standard InChI is InChI=1S/C38H36ClN3O5/c39-29-11-5-24(6-12-29)33-15-9-26(37(44)41-19-17-31(43)18-20-41)21-28(33)23-47-32-13-7-25(8-14-32)36-40-34-22-27(38(45)46)10-16-35(34)42(36)30-3-1-2-4-30/h5-16,21-22,30-31,43H,1-4,17-20,23H2,(H,45,46). The summed E-state index contributed by atoms with van der Waals surface area (Å²) in [5, 5.41) is 20.1. The van der Waals surface area contributed by atoms with Gasteiger partial charge in [0.1, 0.15) is 18.2 Å². The molecule has 0 radical (unpaired) electrons. The fourth-order valence-corrected chi connectivity index (χ4v) is 6.96. The monoisotopic (exact) mass is 649 g/mol. The molecule has 0 unspecified atom stereocenters. The van der Waals surface area contributed by atoms with Crippen molar-refractivity contribution < 1.29 is 24.5 Å². The average Bonchev–Trinajstić information content (AvgIpc) is 3.76. The summed E-state index contributed by atoms with van der Waals surface area (Å²) < 4.78 is 8.59. The Morgan fingerprint density at radius 2 is 1.51 bits per heavy atom. The lowest BCUT2D eigenvalue weighted by Gasteiger charge is -2.29. The first kappa shape index (κ1) is 31.0. The Labute approximate surface area is 278 Å². The molecule has 0 spiro atoms. The number of aliphatic hydroxyl groups excluding tert-OH is 1. The normalized spacial score (nSPS) is 15.7. The molecule has 0 atom stereocenters. The van der Waals surface area contributed by atoms with Crippen molar-refractivity contribution in [1.29, 1.82) is 0 Å². The van der Waals surface area contributed by atoms with Crippen LogP contribution >= 0.6 is 11.6 Å². The first-order valence-electron chi connectivity index (χ1n) is 16.2. The van der Waals surface area contributed by atoms with Crippen LogP contribution in [-0.2, 0) is 6.61 Å². The number of hydrogen-bond acceptors (Lipinski definition) is 5. The molecule has 4 aromatic carbocycles. The zero-order chi connectivity index (χ0) is 32.5. The molecule has 1 amide bonds. The van der Waals surface area contributed by atoms with E-state index in [4.69, 9.17) is 21.3 Å². The minimum atomic E-state index is -0.967.